The first-order chi connectivity index (χ1) is 7.16. The predicted octanol–water partition coefficient (Wildman–Crippen LogP) is 2.29. The second-order valence-corrected chi connectivity index (χ2v) is 2.89. The van der Waals surface area contributed by atoms with E-state index in [-0.39, 0.29) is 5.88 Å². The first kappa shape index (κ1) is 9.64. The number of halogens is 2. The molecule has 0 unspecified atom stereocenters. The molecule has 5 heteroatoms. The van der Waals surface area contributed by atoms with E-state index in [1.807, 2.05) is 0 Å². The highest BCUT2D eigenvalue weighted by atomic mass is 19.1. The fraction of sp³-hybridized carbons (Fsp3) is 0.100. The molecular formula is C10H7F2N2O. The Hall–Kier alpha value is -1.91. The molecule has 0 spiro atoms. The van der Waals surface area contributed by atoms with E-state index in [0.717, 1.165) is 12.1 Å². The van der Waals surface area contributed by atoms with Crippen molar-refractivity contribution in [3.8, 4) is 11.6 Å². The van der Waals surface area contributed by atoms with Gasteiger partial charge >= 0.3 is 0 Å². The van der Waals surface area contributed by atoms with Gasteiger partial charge in [-0.25, -0.2) is 8.78 Å². The molecule has 0 saturated carbocycles. The highest BCUT2D eigenvalue weighted by Crippen LogP contribution is 2.25. The largest absolute Gasteiger partial charge is 0.431 e. The molecule has 0 aliphatic carbocycles. The van der Waals surface area contributed by atoms with Gasteiger partial charge in [0.15, 0.2) is 11.6 Å². The Morgan fingerprint density at radius 3 is 2.53 bits per heavy atom. The van der Waals surface area contributed by atoms with Gasteiger partial charge in [-0.1, -0.05) is 6.07 Å². The molecule has 1 aromatic heterocycles. The van der Waals surface area contributed by atoms with Gasteiger partial charge in [0.05, 0.1) is 6.20 Å². The lowest BCUT2D eigenvalue weighted by molar-refractivity contribution is 0.391. The molecule has 1 radical (unpaired) electrons. The third-order valence-electron chi connectivity index (χ3n) is 1.75. The molecule has 1 heterocycles. The first-order valence-electron chi connectivity index (χ1n) is 4.20. The highest BCUT2D eigenvalue weighted by Gasteiger charge is 2.11. The Morgan fingerprint density at radius 2 is 2.00 bits per heavy atom. The van der Waals surface area contributed by atoms with Crippen molar-refractivity contribution in [2.75, 3.05) is 0 Å². The van der Waals surface area contributed by atoms with Crippen LogP contribution in [0.2, 0.25) is 0 Å². The van der Waals surface area contributed by atoms with Crippen LogP contribution in [0.1, 0.15) is 0 Å². The van der Waals surface area contributed by atoms with E-state index in [4.69, 9.17) is 4.74 Å². The summed E-state index contributed by atoms with van der Waals surface area (Å²) in [7, 11) is 1.63. The van der Waals surface area contributed by atoms with Crippen LogP contribution in [-0.4, -0.2) is 9.78 Å². The standard InChI is InChI=1S/C10H7F2N2O/c1-14-6-5-9(13-14)15-10-7(11)3-2-4-8(10)12/h2-5H,1H3. The summed E-state index contributed by atoms with van der Waals surface area (Å²) < 4.78 is 32.6. The number of aromatic nitrogens is 2. The van der Waals surface area contributed by atoms with Gasteiger partial charge in [0.1, 0.15) is 0 Å². The maximum atomic E-state index is 13.1. The van der Waals surface area contributed by atoms with Gasteiger partial charge in [-0.3, -0.25) is 4.68 Å². The van der Waals surface area contributed by atoms with Crippen LogP contribution in [-0.2, 0) is 7.05 Å². The lowest BCUT2D eigenvalue weighted by atomic mass is 10.3. The zero-order valence-electron chi connectivity index (χ0n) is 7.87. The Bertz CT molecular complexity index is 462. The smallest absolute Gasteiger partial charge is 0.239 e. The lowest BCUT2D eigenvalue weighted by Crippen LogP contribution is -1.94. The van der Waals surface area contributed by atoms with Gasteiger partial charge in [-0.05, 0) is 12.1 Å². The number of ether oxygens (including phenoxy) is 1. The molecule has 1 aromatic carbocycles. The van der Waals surface area contributed by atoms with E-state index < -0.39 is 17.4 Å². The second kappa shape index (κ2) is 3.68. The number of para-hydroxylation sites is 1. The molecule has 0 amide bonds. The topological polar surface area (TPSA) is 27.1 Å². The number of benzene rings is 1. The van der Waals surface area contributed by atoms with E-state index in [2.05, 4.69) is 11.3 Å². The van der Waals surface area contributed by atoms with Crippen LogP contribution < -0.4 is 4.74 Å². The van der Waals surface area contributed by atoms with E-state index in [9.17, 15) is 8.78 Å². The number of hydrogen-bond acceptors (Lipinski definition) is 2. The Kier molecular flexibility index (Phi) is 2.37. The van der Waals surface area contributed by atoms with Crippen LogP contribution in [0.3, 0.4) is 0 Å². The fourth-order valence-electron chi connectivity index (χ4n) is 1.09. The van der Waals surface area contributed by atoms with Crippen molar-refractivity contribution in [2.24, 2.45) is 7.05 Å². The zero-order valence-corrected chi connectivity index (χ0v) is 7.87. The molecule has 0 N–H and O–H groups in total. The summed E-state index contributed by atoms with van der Waals surface area (Å²) >= 11 is 0. The Balaban J connectivity index is 2.31. The molecule has 77 valence electrons. The van der Waals surface area contributed by atoms with Crippen molar-refractivity contribution in [1.29, 1.82) is 0 Å². The van der Waals surface area contributed by atoms with Gasteiger partial charge in [0.25, 0.3) is 0 Å². The molecule has 0 saturated heterocycles. The third kappa shape index (κ3) is 1.96. The molecule has 0 aliphatic heterocycles. The Morgan fingerprint density at radius 1 is 1.33 bits per heavy atom. The van der Waals surface area contributed by atoms with Gasteiger partial charge < -0.3 is 4.74 Å². The van der Waals surface area contributed by atoms with Crippen molar-refractivity contribution < 1.29 is 13.5 Å². The van der Waals surface area contributed by atoms with Crippen LogP contribution in [0.15, 0.2) is 24.3 Å². The normalized spacial score (nSPS) is 10.3. The summed E-state index contributed by atoms with van der Waals surface area (Å²) in [4.78, 5) is 0. The van der Waals surface area contributed by atoms with Crippen molar-refractivity contribution in [2.45, 2.75) is 0 Å². The summed E-state index contributed by atoms with van der Waals surface area (Å²) in [5.41, 5.74) is 0. The average Bonchev–Trinajstić information content (AvgIpc) is 2.58. The van der Waals surface area contributed by atoms with E-state index in [1.165, 1.54) is 16.8 Å². The van der Waals surface area contributed by atoms with E-state index in [0.29, 0.717) is 0 Å². The maximum Gasteiger partial charge on any atom is 0.239 e. The summed E-state index contributed by atoms with van der Waals surface area (Å²) in [6.07, 6.45) is 2.66. The minimum atomic E-state index is -0.763. The second-order valence-electron chi connectivity index (χ2n) is 2.89. The highest BCUT2D eigenvalue weighted by molar-refractivity contribution is 5.29. The Labute approximate surface area is 84.9 Å². The molecule has 2 rings (SSSR count). The molecular weight excluding hydrogens is 202 g/mol. The summed E-state index contributed by atoms with van der Waals surface area (Å²) in [5, 5.41) is 3.79. The average molecular weight is 209 g/mol. The van der Waals surface area contributed by atoms with Crippen LogP contribution in [0.25, 0.3) is 0 Å². The third-order valence-corrected chi connectivity index (χ3v) is 1.75. The maximum absolute atomic E-state index is 13.1. The van der Waals surface area contributed by atoms with Gasteiger partial charge in [-0.2, -0.15) is 0 Å². The summed E-state index contributed by atoms with van der Waals surface area (Å²) in [6, 6.07) is 4.89. The van der Waals surface area contributed by atoms with Crippen LogP contribution in [0.4, 0.5) is 8.78 Å². The predicted molar refractivity (Wildman–Crippen MR) is 48.5 cm³/mol. The van der Waals surface area contributed by atoms with E-state index >= 15 is 0 Å². The molecule has 15 heavy (non-hydrogen) atoms. The van der Waals surface area contributed by atoms with Gasteiger partial charge in [0, 0.05) is 13.1 Å². The quantitative estimate of drug-likeness (QED) is 0.758. The minimum Gasteiger partial charge on any atom is -0.431 e. The monoisotopic (exact) mass is 209 g/mol. The van der Waals surface area contributed by atoms with Crippen molar-refractivity contribution >= 4 is 0 Å². The van der Waals surface area contributed by atoms with Crippen LogP contribution in [0.5, 0.6) is 11.6 Å². The van der Waals surface area contributed by atoms with Crippen molar-refractivity contribution in [1.82, 2.24) is 9.78 Å². The van der Waals surface area contributed by atoms with E-state index in [1.54, 1.807) is 7.05 Å². The van der Waals surface area contributed by atoms with Crippen LogP contribution >= 0.6 is 0 Å². The molecule has 0 fully saturated rings. The lowest BCUT2D eigenvalue weighted by Gasteiger charge is -2.03. The van der Waals surface area contributed by atoms with Gasteiger partial charge in [0.2, 0.25) is 11.6 Å². The van der Waals surface area contributed by atoms with Crippen LogP contribution in [0, 0.1) is 17.8 Å². The number of aryl methyl sites for hydroxylation is 1. The number of nitrogens with zero attached hydrogens (tertiary/aromatic N) is 2. The molecule has 0 atom stereocenters. The molecule has 0 bridgehead atoms. The first-order valence-corrected chi connectivity index (χ1v) is 4.20. The number of hydrogen-bond donors (Lipinski definition) is 0. The summed E-state index contributed by atoms with van der Waals surface area (Å²) in [5.74, 6) is -1.88. The summed E-state index contributed by atoms with van der Waals surface area (Å²) in [6.45, 7) is 0. The SMILES string of the molecule is Cn1[c]cc(Oc2c(F)cccc2F)n1. The molecule has 0 aliphatic rings. The van der Waals surface area contributed by atoms with Gasteiger partial charge in [-0.15, -0.1) is 5.10 Å². The fourth-order valence-corrected chi connectivity index (χ4v) is 1.09. The van der Waals surface area contributed by atoms with Crippen molar-refractivity contribution in [3.05, 3.63) is 42.1 Å². The molecule has 2 aromatic rings. The zero-order chi connectivity index (χ0) is 10.8. The van der Waals surface area contributed by atoms with Crippen molar-refractivity contribution in [3.63, 3.8) is 0 Å². The minimum absolute atomic E-state index is 0.0986. The number of rotatable bonds is 2. The molecule has 3 nitrogen and oxygen atoms in total.